The molecule has 1 unspecified atom stereocenters. The van der Waals surface area contributed by atoms with Crippen LogP contribution in [-0.4, -0.2) is 28.0 Å². The van der Waals surface area contributed by atoms with Gasteiger partial charge in [0.15, 0.2) is 0 Å². The van der Waals surface area contributed by atoms with Gasteiger partial charge >= 0.3 is 12.0 Å². The molecular weight excluding hydrogens is 472 g/mol. The lowest BCUT2D eigenvalue weighted by molar-refractivity contribution is -0.157. The van der Waals surface area contributed by atoms with Crippen LogP contribution in [-0.2, 0) is 16.8 Å². The quantitative estimate of drug-likeness (QED) is 0.376. The molecule has 4 rings (SSSR count). The van der Waals surface area contributed by atoms with Gasteiger partial charge in [-0.15, -0.1) is 0 Å². The number of aliphatic carboxylic acids is 1. The number of carbonyl (C=O) groups excluding carboxylic acids is 1. The van der Waals surface area contributed by atoms with Crippen LogP contribution in [0.15, 0.2) is 30.0 Å². The minimum Gasteiger partial charge on any atom is -0.481 e. The van der Waals surface area contributed by atoms with Gasteiger partial charge in [-0.25, -0.2) is 4.79 Å². The lowest BCUT2D eigenvalue weighted by Crippen LogP contribution is -2.63. The van der Waals surface area contributed by atoms with Gasteiger partial charge in [-0.3, -0.25) is 9.69 Å². The lowest BCUT2D eigenvalue weighted by atomic mass is 9.49. The Morgan fingerprint density at radius 1 is 1.22 bits per heavy atom. The molecule has 1 aromatic rings. The fourth-order valence-corrected chi connectivity index (χ4v) is 6.84. The number of halogens is 1. The van der Waals surface area contributed by atoms with Crippen LogP contribution in [0, 0.1) is 22.7 Å². The summed E-state index contributed by atoms with van der Waals surface area (Å²) in [5.41, 5.74) is 3.20. The summed E-state index contributed by atoms with van der Waals surface area (Å²) in [7, 11) is 0. The van der Waals surface area contributed by atoms with Crippen molar-refractivity contribution in [3.63, 3.8) is 0 Å². The number of nitrogens with zero attached hydrogens (tertiary/aromatic N) is 1. The number of carboxylic acids is 1. The fraction of sp³-hybridized carbons (Fsp3) is 0.667. The summed E-state index contributed by atoms with van der Waals surface area (Å²) in [5.74, 6) is -0.604. The standard InChI is InChI=1S/C30H43ClN2O3/c1-7-19(3)24-18-33(23-16-29(17-23)14-21(15-29)26(34)35)27(36)32-30(24,8-2)22-10-9-20(25(31)13-22)11-12-28(4,5)6/h9-10,13,18-19,21,23H,7-8,11-12,14-17H2,1-6H3,(H,32,36)(H,34,35)/t19?,21?,23?,29?,30-/m0/s1. The van der Waals surface area contributed by atoms with Crippen LogP contribution < -0.4 is 5.32 Å². The topological polar surface area (TPSA) is 69.6 Å². The average molecular weight is 515 g/mol. The molecule has 0 radical (unpaired) electrons. The molecule has 2 amide bonds. The van der Waals surface area contributed by atoms with Crippen LogP contribution in [0.2, 0.25) is 5.02 Å². The van der Waals surface area contributed by atoms with Gasteiger partial charge in [-0.2, -0.15) is 0 Å². The summed E-state index contributed by atoms with van der Waals surface area (Å²) in [6, 6.07) is 6.42. The van der Waals surface area contributed by atoms with E-state index in [1.54, 1.807) is 0 Å². The number of hydrogen-bond donors (Lipinski definition) is 2. The summed E-state index contributed by atoms with van der Waals surface area (Å²) < 4.78 is 0. The largest absolute Gasteiger partial charge is 0.481 e. The Balaban J connectivity index is 1.60. The second-order valence-electron chi connectivity index (χ2n) is 12.9. The zero-order valence-corrected chi connectivity index (χ0v) is 23.5. The third-order valence-corrected chi connectivity index (χ3v) is 9.48. The molecule has 0 saturated heterocycles. The highest BCUT2D eigenvalue weighted by Crippen LogP contribution is 2.60. The number of nitrogens with one attached hydrogen (secondary N) is 1. The molecule has 2 aliphatic carbocycles. The minimum atomic E-state index is -0.686. The number of carboxylic acid groups (broad SMARTS) is 1. The van der Waals surface area contributed by atoms with E-state index >= 15 is 0 Å². The molecule has 3 aliphatic rings. The molecule has 36 heavy (non-hydrogen) atoms. The number of benzene rings is 1. The van der Waals surface area contributed by atoms with Crippen molar-refractivity contribution in [2.24, 2.45) is 22.7 Å². The van der Waals surface area contributed by atoms with Crippen LogP contribution in [0.25, 0.3) is 0 Å². The molecule has 5 nitrogen and oxygen atoms in total. The van der Waals surface area contributed by atoms with Gasteiger partial charge in [0.25, 0.3) is 0 Å². The summed E-state index contributed by atoms with van der Waals surface area (Å²) in [6.07, 6.45) is 9.10. The Morgan fingerprint density at radius 2 is 1.89 bits per heavy atom. The normalized spacial score (nSPS) is 30.8. The molecule has 2 atom stereocenters. The maximum absolute atomic E-state index is 13.5. The number of hydrogen-bond acceptors (Lipinski definition) is 2. The first-order chi connectivity index (χ1) is 16.8. The zero-order chi connectivity index (χ0) is 26.5. The Hall–Kier alpha value is -2.01. The lowest BCUT2D eigenvalue weighted by Gasteiger charge is -2.59. The van der Waals surface area contributed by atoms with E-state index in [9.17, 15) is 14.7 Å². The Labute approximate surface area is 221 Å². The van der Waals surface area contributed by atoms with Gasteiger partial charge < -0.3 is 10.4 Å². The number of rotatable bonds is 8. The molecule has 198 valence electrons. The van der Waals surface area contributed by atoms with Crippen molar-refractivity contribution in [1.29, 1.82) is 0 Å². The second-order valence-corrected chi connectivity index (χ2v) is 13.3. The second kappa shape index (κ2) is 9.70. The summed E-state index contributed by atoms with van der Waals surface area (Å²) in [4.78, 5) is 26.7. The predicted molar refractivity (Wildman–Crippen MR) is 145 cm³/mol. The molecule has 1 heterocycles. The van der Waals surface area contributed by atoms with Gasteiger partial charge in [0, 0.05) is 17.3 Å². The molecule has 1 spiro atoms. The van der Waals surface area contributed by atoms with Gasteiger partial charge in [-0.1, -0.05) is 65.3 Å². The molecule has 0 aromatic heterocycles. The van der Waals surface area contributed by atoms with E-state index in [0.717, 1.165) is 67.5 Å². The molecule has 0 bridgehead atoms. The van der Waals surface area contributed by atoms with Crippen LogP contribution in [0.3, 0.4) is 0 Å². The molecule has 1 aromatic carbocycles. The van der Waals surface area contributed by atoms with Crippen LogP contribution in [0.1, 0.15) is 97.6 Å². The monoisotopic (exact) mass is 514 g/mol. The van der Waals surface area contributed by atoms with Gasteiger partial charge in [-0.05, 0) is 90.9 Å². The third kappa shape index (κ3) is 4.92. The van der Waals surface area contributed by atoms with E-state index in [1.165, 1.54) is 5.57 Å². The first-order valence-electron chi connectivity index (χ1n) is 13.7. The van der Waals surface area contributed by atoms with Crippen molar-refractivity contribution >= 4 is 23.6 Å². The Bertz CT molecular complexity index is 1040. The molecular formula is C30H43ClN2O3. The number of aryl methyl sites for hydroxylation is 1. The fourth-order valence-electron chi connectivity index (χ4n) is 6.57. The SMILES string of the molecule is CCC(C)C1=CN(C2CC3(CC(C(=O)O)C3)C2)C(=O)N[C@@]1(CC)c1ccc(CCC(C)(C)C)c(Cl)c1. The first-order valence-corrected chi connectivity index (χ1v) is 14.1. The van der Waals surface area contributed by atoms with Crippen LogP contribution >= 0.6 is 11.6 Å². The highest BCUT2D eigenvalue weighted by atomic mass is 35.5. The van der Waals surface area contributed by atoms with E-state index in [-0.39, 0.29) is 28.8 Å². The van der Waals surface area contributed by atoms with Crippen molar-refractivity contribution in [2.45, 2.75) is 104 Å². The first kappa shape index (κ1) is 27.0. The predicted octanol–water partition coefficient (Wildman–Crippen LogP) is 7.52. The summed E-state index contributed by atoms with van der Waals surface area (Å²) >= 11 is 6.81. The van der Waals surface area contributed by atoms with Crippen LogP contribution in [0.5, 0.6) is 0 Å². The molecule has 2 fully saturated rings. The highest BCUT2D eigenvalue weighted by Gasteiger charge is 2.57. The van der Waals surface area contributed by atoms with Crippen molar-refractivity contribution in [3.8, 4) is 0 Å². The summed E-state index contributed by atoms with van der Waals surface area (Å²) in [6.45, 7) is 13.3. The van der Waals surface area contributed by atoms with Crippen LogP contribution in [0.4, 0.5) is 4.79 Å². The summed E-state index contributed by atoms with van der Waals surface area (Å²) in [5, 5.41) is 13.5. The Kier molecular flexibility index (Phi) is 7.29. The molecule has 2 N–H and O–H groups in total. The van der Waals surface area contributed by atoms with Crippen molar-refractivity contribution in [1.82, 2.24) is 10.2 Å². The average Bonchev–Trinajstić information content (AvgIpc) is 2.75. The molecule has 1 aliphatic heterocycles. The van der Waals surface area contributed by atoms with E-state index in [1.807, 2.05) is 4.90 Å². The number of urea groups is 1. The van der Waals surface area contributed by atoms with Gasteiger partial charge in [0.05, 0.1) is 11.5 Å². The molecule has 2 saturated carbocycles. The Morgan fingerprint density at radius 3 is 2.42 bits per heavy atom. The molecule has 6 heteroatoms. The zero-order valence-electron chi connectivity index (χ0n) is 22.8. The van der Waals surface area contributed by atoms with E-state index in [0.29, 0.717) is 5.92 Å². The number of amides is 2. The smallest absolute Gasteiger partial charge is 0.322 e. The maximum atomic E-state index is 13.5. The third-order valence-electron chi connectivity index (χ3n) is 9.13. The minimum absolute atomic E-state index is 0.0641. The maximum Gasteiger partial charge on any atom is 0.322 e. The van der Waals surface area contributed by atoms with Crippen molar-refractivity contribution in [2.75, 3.05) is 0 Å². The highest BCUT2D eigenvalue weighted by molar-refractivity contribution is 6.31. The van der Waals surface area contributed by atoms with E-state index in [2.05, 4.69) is 71.3 Å². The number of carbonyl (C=O) groups is 2. The van der Waals surface area contributed by atoms with Gasteiger partial charge in [0.1, 0.15) is 0 Å². The van der Waals surface area contributed by atoms with Gasteiger partial charge in [0.2, 0.25) is 0 Å². The van der Waals surface area contributed by atoms with Crippen molar-refractivity contribution in [3.05, 3.63) is 46.1 Å². The van der Waals surface area contributed by atoms with E-state index in [4.69, 9.17) is 11.6 Å². The van der Waals surface area contributed by atoms with E-state index < -0.39 is 11.5 Å². The van der Waals surface area contributed by atoms with Crippen molar-refractivity contribution < 1.29 is 14.7 Å².